The molecule has 0 amide bonds. The molecule has 1 aliphatic rings. The normalized spacial score (nSPS) is 15.4. The second kappa shape index (κ2) is 9.64. The summed E-state index contributed by atoms with van der Waals surface area (Å²) in [6.07, 6.45) is 0. The number of aliphatic imine (C=N–C) groups is 1. The molecule has 27 heavy (non-hydrogen) atoms. The van der Waals surface area contributed by atoms with Gasteiger partial charge >= 0.3 is 0 Å². The van der Waals surface area contributed by atoms with Gasteiger partial charge in [0.2, 0.25) is 0 Å². The number of halogens is 1. The molecule has 1 fully saturated rings. The minimum Gasteiger partial charge on any atom is -0.506 e. The Balaban J connectivity index is 0.00000261. The Hall–Kier alpha value is -1.48. The molecule has 1 saturated heterocycles. The van der Waals surface area contributed by atoms with E-state index in [-0.39, 0.29) is 29.4 Å². The van der Waals surface area contributed by atoms with Gasteiger partial charge in [-0.15, -0.1) is 35.3 Å². The number of rotatable bonds is 4. The van der Waals surface area contributed by atoms with Crippen LogP contribution in [0.1, 0.15) is 18.7 Å². The molecule has 2 heterocycles. The van der Waals surface area contributed by atoms with E-state index in [0.29, 0.717) is 5.75 Å². The molecule has 5 nitrogen and oxygen atoms in total. The molecule has 2 aromatic rings. The van der Waals surface area contributed by atoms with Crippen molar-refractivity contribution in [1.82, 2.24) is 10.2 Å². The molecule has 0 spiro atoms. The highest BCUT2D eigenvalue weighted by Gasteiger charge is 2.25. The van der Waals surface area contributed by atoms with Gasteiger partial charge in [-0.3, -0.25) is 4.99 Å². The van der Waals surface area contributed by atoms with Gasteiger partial charge in [0.1, 0.15) is 5.75 Å². The quantitative estimate of drug-likeness (QED) is 0.382. The molecular weight excluding hydrogens is 471 g/mol. The lowest BCUT2D eigenvalue weighted by Crippen LogP contribution is -2.53. The SMILES string of the molecule is CN=C(NCC(C)(C)c1cccs1)N1CCN(c2ccccc2O)CC1.I. The van der Waals surface area contributed by atoms with Crippen molar-refractivity contribution < 1.29 is 5.11 Å². The van der Waals surface area contributed by atoms with E-state index >= 15 is 0 Å². The molecule has 1 aromatic carbocycles. The molecule has 148 valence electrons. The Labute approximate surface area is 183 Å². The standard InChI is InChI=1S/C20H28N4OS.HI/c1-20(2,18-9-6-14-26-18)15-22-19(21-3)24-12-10-23(11-13-24)16-7-4-5-8-17(16)25;/h4-9,14,25H,10-13,15H2,1-3H3,(H,21,22);1H. The third-order valence-electron chi connectivity index (χ3n) is 4.89. The number of nitrogens with zero attached hydrogens (tertiary/aromatic N) is 3. The Bertz CT molecular complexity index is 740. The van der Waals surface area contributed by atoms with E-state index in [1.54, 1.807) is 17.4 Å². The van der Waals surface area contributed by atoms with Crippen molar-refractivity contribution in [2.75, 3.05) is 44.7 Å². The van der Waals surface area contributed by atoms with Crippen LogP contribution in [0.25, 0.3) is 0 Å². The summed E-state index contributed by atoms with van der Waals surface area (Å²) >= 11 is 1.80. The summed E-state index contributed by atoms with van der Waals surface area (Å²) in [5.74, 6) is 1.30. The van der Waals surface area contributed by atoms with Gasteiger partial charge in [-0.25, -0.2) is 0 Å². The van der Waals surface area contributed by atoms with Crippen LogP contribution in [0, 0.1) is 0 Å². The Kier molecular flexibility index (Phi) is 7.79. The fraction of sp³-hybridized carbons (Fsp3) is 0.450. The summed E-state index contributed by atoms with van der Waals surface area (Å²) in [6.45, 7) is 8.87. The molecule has 0 saturated carbocycles. The highest BCUT2D eigenvalue weighted by Crippen LogP contribution is 2.28. The highest BCUT2D eigenvalue weighted by molar-refractivity contribution is 14.0. The topological polar surface area (TPSA) is 51.1 Å². The molecule has 0 atom stereocenters. The second-order valence-corrected chi connectivity index (χ2v) is 8.17. The first-order valence-electron chi connectivity index (χ1n) is 9.04. The first-order chi connectivity index (χ1) is 12.5. The van der Waals surface area contributed by atoms with Crippen molar-refractivity contribution >= 4 is 47.0 Å². The summed E-state index contributed by atoms with van der Waals surface area (Å²) in [4.78, 5) is 10.4. The average Bonchev–Trinajstić information content (AvgIpc) is 3.19. The zero-order valence-corrected chi connectivity index (χ0v) is 19.3. The van der Waals surface area contributed by atoms with E-state index in [1.165, 1.54) is 4.88 Å². The summed E-state index contributed by atoms with van der Waals surface area (Å²) in [5, 5.41) is 15.7. The fourth-order valence-electron chi connectivity index (χ4n) is 3.27. The van der Waals surface area contributed by atoms with E-state index < -0.39 is 0 Å². The number of anilines is 1. The van der Waals surface area contributed by atoms with Gasteiger partial charge in [0.15, 0.2) is 5.96 Å². The van der Waals surface area contributed by atoms with Gasteiger partial charge in [-0.1, -0.05) is 32.0 Å². The van der Waals surface area contributed by atoms with Crippen LogP contribution in [0.3, 0.4) is 0 Å². The van der Waals surface area contributed by atoms with E-state index in [2.05, 4.69) is 51.5 Å². The summed E-state index contributed by atoms with van der Waals surface area (Å²) in [7, 11) is 1.84. The molecule has 0 radical (unpaired) electrons. The Morgan fingerprint density at radius 2 is 1.85 bits per heavy atom. The van der Waals surface area contributed by atoms with Crippen molar-refractivity contribution in [2.24, 2.45) is 4.99 Å². The van der Waals surface area contributed by atoms with Crippen LogP contribution in [-0.4, -0.2) is 55.7 Å². The highest BCUT2D eigenvalue weighted by atomic mass is 127. The number of guanidine groups is 1. The lowest BCUT2D eigenvalue weighted by atomic mass is 9.91. The number of phenolic OH excluding ortho intramolecular Hbond substituents is 1. The van der Waals surface area contributed by atoms with E-state index in [1.807, 2.05) is 25.2 Å². The number of hydrogen-bond acceptors (Lipinski definition) is 4. The van der Waals surface area contributed by atoms with Crippen molar-refractivity contribution in [2.45, 2.75) is 19.3 Å². The summed E-state index contributed by atoms with van der Waals surface area (Å²) in [5.41, 5.74) is 0.982. The van der Waals surface area contributed by atoms with Crippen LogP contribution < -0.4 is 10.2 Å². The number of para-hydroxylation sites is 2. The van der Waals surface area contributed by atoms with E-state index in [0.717, 1.165) is 44.4 Å². The van der Waals surface area contributed by atoms with Gasteiger partial charge in [-0.2, -0.15) is 0 Å². The molecule has 1 aromatic heterocycles. The van der Waals surface area contributed by atoms with Crippen LogP contribution in [0.15, 0.2) is 46.8 Å². The molecule has 2 N–H and O–H groups in total. The number of aromatic hydroxyl groups is 1. The maximum atomic E-state index is 10.1. The predicted octanol–water partition coefficient (Wildman–Crippen LogP) is 3.75. The fourth-order valence-corrected chi connectivity index (χ4v) is 4.13. The molecule has 0 bridgehead atoms. The molecular formula is C20H29IN4OS. The first-order valence-corrected chi connectivity index (χ1v) is 9.92. The van der Waals surface area contributed by atoms with Crippen molar-refractivity contribution in [3.05, 3.63) is 46.7 Å². The second-order valence-electron chi connectivity index (χ2n) is 7.22. The lowest BCUT2D eigenvalue weighted by molar-refractivity contribution is 0.364. The molecule has 3 rings (SSSR count). The molecule has 1 aliphatic heterocycles. The van der Waals surface area contributed by atoms with Crippen LogP contribution >= 0.6 is 35.3 Å². The van der Waals surface area contributed by atoms with Gasteiger partial charge in [0.05, 0.1) is 5.69 Å². The van der Waals surface area contributed by atoms with Crippen LogP contribution in [0.4, 0.5) is 5.69 Å². The van der Waals surface area contributed by atoms with Crippen LogP contribution in [-0.2, 0) is 5.41 Å². The van der Waals surface area contributed by atoms with Crippen LogP contribution in [0.5, 0.6) is 5.75 Å². The smallest absolute Gasteiger partial charge is 0.193 e. The van der Waals surface area contributed by atoms with Crippen molar-refractivity contribution in [1.29, 1.82) is 0 Å². The minimum atomic E-state index is 0. The number of phenols is 1. The Morgan fingerprint density at radius 3 is 2.44 bits per heavy atom. The van der Waals surface area contributed by atoms with Crippen LogP contribution in [0.2, 0.25) is 0 Å². The lowest BCUT2D eigenvalue weighted by Gasteiger charge is -2.38. The van der Waals surface area contributed by atoms with Crippen molar-refractivity contribution in [3.63, 3.8) is 0 Å². The minimum absolute atomic E-state index is 0. The number of piperazine rings is 1. The largest absolute Gasteiger partial charge is 0.506 e. The molecule has 0 unspecified atom stereocenters. The Morgan fingerprint density at radius 1 is 1.15 bits per heavy atom. The van der Waals surface area contributed by atoms with E-state index in [9.17, 15) is 5.11 Å². The van der Waals surface area contributed by atoms with Gasteiger partial charge in [-0.05, 0) is 23.6 Å². The zero-order valence-electron chi connectivity index (χ0n) is 16.2. The third-order valence-corrected chi connectivity index (χ3v) is 6.13. The maximum Gasteiger partial charge on any atom is 0.193 e. The molecule has 0 aliphatic carbocycles. The number of hydrogen-bond donors (Lipinski definition) is 2. The summed E-state index contributed by atoms with van der Waals surface area (Å²) < 4.78 is 0. The first kappa shape index (κ1) is 21.8. The van der Waals surface area contributed by atoms with E-state index in [4.69, 9.17) is 0 Å². The number of benzene rings is 1. The third kappa shape index (κ3) is 5.28. The monoisotopic (exact) mass is 500 g/mol. The number of nitrogens with one attached hydrogen (secondary N) is 1. The van der Waals surface area contributed by atoms with Gasteiger partial charge in [0.25, 0.3) is 0 Å². The predicted molar refractivity (Wildman–Crippen MR) is 126 cm³/mol. The maximum absolute atomic E-state index is 10.1. The number of thiophene rings is 1. The molecule has 7 heteroatoms. The van der Waals surface area contributed by atoms with Crippen molar-refractivity contribution in [3.8, 4) is 5.75 Å². The van der Waals surface area contributed by atoms with Gasteiger partial charge < -0.3 is 20.2 Å². The average molecular weight is 500 g/mol. The zero-order chi connectivity index (χ0) is 18.6. The summed E-state index contributed by atoms with van der Waals surface area (Å²) in [6, 6.07) is 11.8. The van der Waals surface area contributed by atoms with Gasteiger partial charge in [0, 0.05) is 50.1 Å².